The molecule has 0 saturated carbocycles. The van der Waals surface area contributed by atoms with E-state index in [1.165, 1.54) is 23.9 Å². The zero-order chi connectivity index (χ0) is 19.9. The Morgan fingerprint density at radius 2 is 1.97 bits per heavy atom. The van der Waals surface area contributed by atoms with Crippen molar-refractivity contribution in [3.8, 4) is 11.4 Å². The number of benzene rings is 1. The lowest BCUT2D eigenvalue weighted by atomic mass is 10.2. The molecular weight excluding hydrogens is 414 g/mol. The Morgan fingerprint density at radius 3 is 2.66 bits per heavy atom. The van der Waals surface area contributed by atoms with Crippen LogP contribution in [0.15, 0.2) is 66.6 Å². The Morgan fingerprint density at radius 1 is 1.21 bits per heavy atom. The lowest BCUT2D eigenvalue weighted by Gasteiger charge is -2.08. The number of nitrogens with zero attached hydrogens (tertiary/aromatic N) is 4. The van der Waals surface area contributed by atoms with E-state index in [1.54, 1.807) is 30.6 Å². The number of hydrogen-bond donors (Lipinski definition) is 2. The number of aromatic nitrogens is 4. The minimum absolute atomic E-state index is 0. The number of nitrogens with one attached hydrogen (secondary N) is 1. The number of carbonyl (C=O) groups is 2. The maximum atomic E-state index is 12.2. The predicted molar refractivity (Wildman–Crippen MR) is 113 cm³/mol. The summed E-state index contributed by atoms with van der Waals surface area (Å²) in [6, 6.07) is 9.75. The van der Waals surface area contributed by atoms with Crippen LogP contribution >= 0.6 is 24.2 Å². The molecule has 0 fully saturated rings. The van der Waals surface area contributed by atoms with Crippen molar-refractivity contribution in [2.75, 3.05) is 11.1 Å². The van der Waals surface area contributed by atoms with Crippen LogP contribution in [0.2, 0.25) is 0 Å². The largest absolute Gasteiger partial charge is 0.478 e. The van der Waals surface area contributed by atoms with E-state index in [0.29, 0.717) is 23.2 Å². The Hall–Kier alpha value is -3.17. The lowest BCUT2D eigenvalue weighted by Crippen LogP contribution is -2.15. The van der Waals surface area contributed by atoms with Crippen molar-refractivity contribution >= 4 is 41.7 Å². The van der Waals surface area contributed by atoms with E-state index in [1.807, 2.05) is 16.7 Å². The van der Waals surface area contributed by atoms with Gasteiger partial charge in [0.1, 0.15) is 0 Å². The Labute approximate surface area is 177 Å². The third-order valence-corrected chi connectivity index (χ3v) is 4.66. The monoisotopic (exact) mass is 431 g/mol. The maximum absolute atomic E-state index is 12.2. The fourth-order valence-electron chi connectivity index (χ4n) is 2.46. The van der Waals surface area contributed by atoms with Crippen LogP contribution in [0.4, 0.5) is 5.69 Å². The number of pyridine rings is 1. The van der Waals surface area contributed by atoms with E-state index >= 15 is 0 Å². The standard InChI is InChI=1S/C19H17N5O3S.ClH/c1-2-10-24-17(13-6-8-20-9-7-13)22-23-19(24)28-12-16(25)21-15-5-3-4-14(11-15)18(26)27;/h2-9,11H,1,10,12H2,(H,21,25)(H,26,27);1H. The Balaban J connectivity index is 0.00000300. The molecule has 2 heterocycles. The highest BCUT2D eigenvalue weighted by Crippen LogP contribution is 2.24. The van der Waals surface area contributed by atoms with Gasteiger partial charge in [-0.15, -0.1) is 29.2 Å². The molecule has 2 aromatic heterocycles. The van der Waals surface area contributed by atoms with Gasteiger partial charge in [-0.25, -0.2) is 4.79 Å². The highest BCUT2D eigenvalue weighted by Gasteiger charge is 2.15. The third-order valence-electron chi connectivity index (χ3n) is 3.69. The van der Waals surface area contributed by atoms with E-state index in [4.69, 9.17) is 5.11 Å². The number of anilines is 1. The number of aromatic carboxylic acids is 1. The van der Waals surface area contributed by atoms with E-state index in [2.05, 4.69) is 27.1 Å². The summed E-state index contributed by atoms with van der Waals surface area (Å²) in [5.41, 5.74) is 1.40. The average Bonchev–Trinajstić information content (AvgIpc) is 3.10. The van der Waals surface area contributed by atoms with Gasteiger partial charge in [0, 0.05) is 30.2 Å². The summed E-state index contributed by atoms with van der Waals surface area (Å²) in [5.74, 6) is -0.555. The van der Waals surface area contributed by atoms with Gasteiger partial charge in [-0.3, -0.25) is 14.3 Å². The summed E-state index contributed by atoms with van der Waals surface area (Å²) in [7, 11) is 0. The number of allylic oxidation sites excluding steroid dienone is 1. The highest BCUT2D eigenvalue weighted by molar-refractivity contribution is 7.99. The topological polar surface area (TPSA) is 110 Å². The van der Waals surface area contributed by atoms with Crippen molar-refractivity contribution in [2.45, 2.75) is 11.7 Å². The molecule has 0 spiro atoms. The zero-order valence-electron chi connectivity index (χ0n) is 15.2. The number of rotatable bonds is 8. The number of thioether (sulfide) groups is 1. The van der Waals surface area contributed by atoms with Crippen molar-refractivity contribution in [3.05, 3.63) is 67.0 Å². The number of carboxylic acids is 1. The summed E-state index contributed by atoms with van der Waals surface area (Å²) in [6.45, 7) is 4.26. The van der Waals surface area contributed by atoms with Crippen LogP contribution in [0, 0.1) is 0 Å². The summed E-state index contributed by atoms with van der Waals surface area (Å²) in [5, 5.41) is 20.7. The minimum Gasteiger partial charge on any atom is -0.478 e. The molecule has 0 aliphatic carbocycles. The van der Waals surface area contributed by atoms with E-state index in [-0.39, 0.29) is 29.6 Å². The summed E-state index contributed by atoms with van der Waals surface area (Å²) in [6.07, 6.45) is 5.08. The van der Waals surface area contributed by atoms with Gasteiger partial charge < -0.3 is 10.4 Å². The molecule has 0 aliphatic heterocycles. The first-order valence-corrected chi connectivity index (χ1v) is 9.27. The van der Waals surface area contributed by atoms with Gasteiger partial charge in [0.05, 0.1) is 11.3 Å². The molecular formula is C19H18ClN5O3S. The first-order valence-electron chi connectivity index (χ1n) is 8.29. The molecule has 150 valence electrons. The molecule has 0 radical (unpaired) electrons. The molecule has 10 heteroatoms. The molecule has 2 N–H and O–H groups in total. The summed E-state index contributed by atoms with van der Waals surface area (Å²) >= 11 is 1.24. The van der Waals surface area contributed by atoms with Crippen LogP contribution in [0.3, 0.4) is 0 Å². The second-order valence-electron chi connectivity index (χ2n) is 5.66. The van der Waals surface area contributed by atoms with Gasteiger partial charge in [0.15, 0.2) is 11.0 Å². The van der Waals surface area contributed by atoms with Crippen molar-refractivity contribution in [3.63, 3.8) is 0 Å². The third kappa shape index (κ3) is 5.66. The second-order valence-corrected chi connectivity index (χ2v) is 6.61. The summed E-state index contributed by atoms with van der Waals surface area (Å²) < 4.78 is 1.87. The van der Waals surface area contributed by atoms with Gasteiger partial charge in [-0.05, 0) is 30.3 Å². The van der Waals surface area contributed by atoms with Crippen LogP contribution in [-0.4, -0.2) is 42.5 Å². The molecule has 0 saturated heterocycles. The molecule has 0 bridgehead atoms. The number of halogens is 1. The van der Waals surface area contributed by atoms with E-state index in [9.17, 15) is 9.59 Å². The molecule has 3 rings (SSSR count). The minimum atomic E-state index is -1.05. The van der Waals surface area contributed by atoms with E-state index in [0.717, 1.165) is 5.56 Å². The van der Waals surface area contributed by atoms with Gasteiger partial charge in [0.2, 0.25) is 5.91 Å². The van der Waals surface area contributed by atoms with Crippen molar-refractivity contribution in [1.82, 2.24) is 19.7 Å². The number of hydrogen-bond acceptors (Lipinski definition) is 6. The van der Waals surface area contributed by atoms with Gasteiger partial charge >= 0.3 is 5.97 Å². The molecule has 8 nitrogen and oxygen atoms in total. The van der Waals surface area contributed by atoms with Crippen LogP contribution in [-0.2, 0) is 11.3 Å². The maximum Gasteiger partial charge on any atom is 0.335 e. The van der Waals surface area contributed by atoms with Gasteiger partial charge in [-0.1, -0.05) is 23.9 Å². The molecule has 1 amide bonds. The average molecular weight is 432 g/mol. The van der Waals surface area contributed by atoms with Crippen LogP contribution in [0.5, 0.6) is 0 Å². The Bertz CT molecular complexity index is 1010. The summed E-state index contributed by atoms with van der Waals surface area (Å²) in [4.78, 5) is 27.3. The quantitative estimate of drug-likeness (QED) is 0.415. The van der Waals surface area contributed by atoms with Crippen LogP contribution in [0.1, 0.15) is 10.4 Å². The smallest absolute Gasteiger partial charge is 0.335 e. The molecule has 1 aromatic carbocycles. The second kappa shape index (κ2) is 10.4. The normalized spacial score (nSPS) is 10.1. The van der Waals surface area contributed by atoms with Gasteiger partial charge in [-0.2, -0.15) is 0 Å². The lowest BCUT2D eigenvalue weighted by molar-refractivity contribution is -0.113. The fraction of sp³-hybridized carbons (Fsp3) is 0.105. The number of amides is 1. The SMILES string of the molecule is C=CCn1c(SCC(=O)Nc2cccc(C(=O)O)c2)nnc1-c1ccncc1.Cl. The first kappa shape index (κ1) is 22.1. The number of carboxylic acid groups (broad SMARTS) is 1. The highest BCUT2D eigenvalue weighted by atomic mass is 35.5. The Kier molecular flexibility index (Phi) is 7.93. The predicted octanol–water partition coefficient (Wildman–Crippen LogP) is 3.38. The fourth-order valence-corrected chi connectivity index (χ4v) is 3.21. The first-order chi connectivity index (χ1) is 13.6. The molecule has 29 heavy (non-hydrogen) atoms. The van der Waals surface area contributed by atoms with Crippen molar-refractivity contribution in [2.24, 2.45) is 0 Å². The molecule has 0 atom stereocenters. The van der Waals surface area contributed by atoms with Crippen molar-refractivity contribution < 1.29 is 14.7 Å². The molecule has 3 aromatic rings. The molecule has 0 unspecified atom stereocenters. The zero-order valence-corrected chi connectivity index (χ0v) is 16.8. The van der Waals surface area contributed by atoms with Crippen molar-refractivity contribution in [1.29, 1.82) is 0 Å². The molecule has 0 aliphatic rings. The number of carbonyl (C=O) groups excluding carboxylic acids is 1. The van der Waals surface area contributed by atoms with E-state index < -0.39 is 5.97 Å². The van der Waals surface area contributed by atoms with Gasteiger partial charge in [0.25, 0.3) is 0 Å². The van der Waals surface area contributed by atoms with Crippen LogP contribution < -0.4 is 5.32 Å². The van der Waals surface area contributed by atoms with Crippen LogP contribution in [0.25, 0.3) is 11.4 Å².